The molecular formula is C25H33N3O4. The van der Waals surface area contributed by atoms with Gasteiger partial charge in [-0.15, -0.1) is 0 Å². The van der Waals surface area contributed by atoms with Crippen LogP contribution in [0, 0.1) is 12.3 Å². The van der Waals surface area contributed by atoms with Crippen molar-refractivity contribution in [2.75, 3.05) is 18.1 Å². The van der Waals surface area contributed by atoms with Gasteiger partial charge in [0.2, 0.25) is 12.2 Å². The monoisotopic (exact) mass is 439 g/mol. The predicted octanol–water partition coefficient (Wildman–Crippen LogP) is 5.52. The van der Waals surface area contributed by atoms with Crippen LogP contribution < -0.4 is 4.90 Å². The minimum absolute atomic E-state index is 0.0312. The van der Waals surface area contributed by atoms with Gasteiger partial charge in [-0.25, -0.2) is 4.98 Å². The summed E-state index contributed by atoms with van der Waals surface area (Å²) in [7, 11) is 0. The summed E-state index contributed by atoms with van der Waals surface area (Å²) in [6, 6.07) is 7.75. The third-order valence-electron chi connectivity index (χ3n) is 5.57. The molecule has 172 valence electrons. The molecule has 0 radical (unpaired) electrons. The standard InChI is InChI=1S/C25H33N3O4/c1-16-10-11-27-20(14-16)26-21(18-8-9-19(32-18)23-30-12-13-31-23)22(27)28(17(2)29)25(6,7)15-24(3,4)5/h8-11,14,23H,12-13,15H2,1-7H3. The second-order valence-corrected chi connectivity index (χ2v) is 10.4. The van der Waals surface area contributed by atoms with Crippen molar-refractivity contribution in [2.45, 2.75) is 66.7 Å². The molecule has 4 heterocycles. The second kappa shape index (κ2) is 8.05. The Labute approximate surface area is 189 Å². The second-order valence-electron chi connectivity index (χ2n) is 10.4. The Bertz CT molecular complexity index is 1130. The molecule has 0 saturated carbocycles. The number of rotatable bonds is 5. The molecule has 0 unspecified atom stereocenters. The Kier molecular flexibility index (Phi) is 5.67. The number of hydrogen-bond donors (Lipinski definition) is 0. The van der Waals surface area contributed by atoms with E-state index in [4.69, 9.17) is 18.9 Å². The number of aromatic nitrogens is 2. The Morgan fingerprint density at radius 2 is 1.84 bits per heavy atom. The molecule has 1 amide bonds. The van der Waals surface area contributed by atoms with Gasteiger partial charge in [-0.05, 0) is 62.4 Å². The van der Waals surface area contributed by atoms with Gasteiger partial charge >= 0.3 is 0 Å². The average Bonchev–Trinajstić information content (AvgIpc) is 3.38. The van der Waals surface area contributed by atoms with Crippen molar-refractivity contribution < 1.29 is 18.7 Å². The number of nitrogens with zero attached hydrogens (tertiary/aromatic N) is 3. The molecule has 1 saturated heterocycles. The molecule has 1 aliphatic rings. The first kappa shape index (κ1) is 22.6. The van der Waals surface area contributed by atoms with Gasteiger partial charge in [-0.1, -0.05) is 20.8 Å². The molecule has 0 bridgehead atoms. The number of anilines is 1. The van der Waals surface area contributed by atoms with E-state index in [2.05, 4.69) is 34.6 Å². The van der Waals surface area contributed by atoms with E-state index in [0.29, 0.717) is 36.2 Å². The highest BCUT2D eigenvalue weighted by Gasteiger charge is 2.38. The summed E-state index contributed by atoms with van der Waals surface area (Å²) in [4.78, 5) is 19.8. The van der Waals surface area contributed by atoms with Crippen molar-refractivity contribution in [1.29, 1.82) is 0 Å². The van der Waals surface area contributed by atoms with E-state index in [1.807, 2.05) is 46.7 Å². The fourth-order valence-electron chi connectivity index (χ4n) is 4.88. The average molecular weight is 440 g/mol. The van der Waals surface area contributed by atoms with Crippen LogP contribution >= 0.6 is 0 Å². The zero-order valence-electron chi connectivity index (χ0n) is 20.1. The Morgan fingerprint density at radius 3 is 2.47 bits per heavy atom. The van der Waals surface area contributed by atoms with E-state index in [1.54, 1.807) is 6.92 Å². The van der Waals surface area contributed by atoms with E-state index < -0.39 is 11.8 Å². The van der Waals surface area contributed by atoms with Gasteiger partial charge in [-0.2, -0.15) is 0 Å². The fourth-order valence-corrected chi connectivity index (χ4v) is 4.88. The van der Waals surface area contributed by atoms with Crippen molar-refractivity contribution in [2.24, 2.45) is 5.41 Å². The van der Waals surface area contributed by atoms with Crippen LogP contribution in [0.15, 0.2) is 34.9 Å². The van der Waals surface area contributed by atoms with Crippen molar-refractivity contribution in [3.05, 3.63) is 41.8 Å². The molecule has 7 nitrogen and oxygen atoms in total. The van der Waals surface area contributed by atoms with Crippen molar-refractivity contribution in [1.82, 2.24) is 9.38 Å². The molecule has 4 rings (SSSR count). The molecule has 32 heavy (non-hydrogen) atoms. The van der Waals surface area contributed by atoms with Gasteiger partial charge in [0.25, 0.3) is 0 Å². The quantitative estimate of drug-likeness (QED) is 0.524. The fraction of sp³-hybridized carbons (Fsp3) is 0.520. The van der Waals surface area contributed by atoms with Crippen LogP contribution in [0.5, 0.6) is 0 Å². The summed E-state index contributed by atoms with van der Waals surface area (Å²) < 4.78 is 19.3. The van der Waals surface area contributed by atoms with E-state index >= 15 is 0 Å². The molecule has 1 aliphatic heterocycles. The van der Waals surface area contributed by atoms with Gasteiger partial charge in [0.1, 0.15) is 11.3 Å². The number of furan rings is 1. The first-order valence-corrected chi connectivity index (χ1v) is 11.1. The maximum Gasteiger partial charge on any atom is 0.225 e. The summed E-state index contributed by atoms with van der Waals surface area (Å²) in [5.74, 6) is 1.83. The van der Waals surface area contributed by atoms with Gasteiger partial charge in [0.05, 0.1) is 13.2 Å². The summed E-state index contributed by atoms with van der Waals surface area (Å²) >= 11 is 0. The molecule has 3 aromatic heterocycles. The van der Waals surface area contributed by atoms with E-state index in [0.717, 1.165) is 17.6 Å². The maximum absolute atomic E-state index is 13.1. The molecule has 1 fully saturated rings. The van der Waals surface area contributed by atoms with Gasteiger partial charge in [0, 0.05) is 18.7 Å². The SMILES string of the molecule is CC(=O)N(c1c(-c2ccc(C3OCCO3)o2)nc2cc(C)ccn12)C(C)(C)CC(C)(C)C. The topological polar surface area (TPSA) is 69.2 Å². The lowest BCUT2D eigenvalue weighted by atomic mass is 9.80. The Morgan fingerprint density at radius 1 is 1.16 bits per heavy atom. The number of aryl methyl sites for hydroxylation is 1. The first-order valence-electron chi connectivity index (χ1n) is 11.1. The van der Waals surface area contributed by atoms with E-state index in [9.17, 15) is 4.79 Å². The lowest BCUT2D eigenvalue weighted by Gasteiger charge is -2.41. The van der Waals surface area contributed by atoms with Crippen LogP contribution in [0.4, 0.5) is 5.82 Å². The van der Waals surface area contributed by atoms with Crippen LogP contribution in [-0.4, -0.2) is 34.0 Å². The van der Waals surface area contributed by atoms with E-state index in [1.165, 1.54) is 0 Å². The molecule has 3 aromatic rings. The van der Waals surface area contributed by atoms with Crippen LogP contribution in [0.3, 0.4) is 0 Å². The minimum atomic E-state index is -0.507. The molecule has 0 atom stereocenters. The van der Waals surface area contributed by atoms with Crippen molar-refractivity contribution >= 4 is 17.4 Å². The van der Waals surface area contributed by atoms with E-state index in [-0.39, 0.29) is 11.3 Å². The highest BCUT2D eigenvalue weighted by atomic mass is 16.7. The van der Waals surface area contributed by atoms with Gasteiger partial charge < -0.3 is 13.9 Å². The number of fused-ring (bicyclic) bond motifs is 1. The number of pyridine rings is 1. The Hall–Kier alpha value is -2.64. The first-order chi connectivity index (χ1) is 15.0. The minimum Gasteiger partial charge on any atom is -0.454 e. The highest BCUT2D eigenvalue weighted by molar-refractivity contribution is 5.96. The molecule has 0 spiro atoms. The highest BCUT2D eigenvalue weighted by Crippen LogP contribution is 2.41. The number of carbonyl (C=O) groups is 1. The maximum atomic E-state index is 13.1. The zero-order valence-corrected chi connectivity index (χ0v) is 20.1. The molecule has 0 aromatic carbocycles. The summed E-state index contributed by atoms with van der Waals surface area (Å²) in [5.41, 5.74) is 2.06. The number of imidazole rings is 1. The third kappa shape index (κ3) is 4.32. The third-order valence-corrected chi connectivity index (χ3v) is 5.57. The number of carbonyl (C=O) groups excluding carboxylic acids is 1. The molecule has 0 N–H and O–H groups in total. The zero-order chi connectivity index (χ0) is 23.3. The number of amides is 1. The molecular weight excluding hydrogens is 406 g/mol. The smallest absolute Gasteiger partial charge is 0.225 e. The van der Waals surface area contributed by atoms with Crippen LogP contribution in [0.2, 0.25) is 0 Å². The van der Waals surface area contributed by atoms with Crippen LogP contribution in [0.1, 0.15) is 65.6 Å². The Balaban J connectivity index is 1.90. The van der Waals surface area contributed by atoms with Gasteiger partial charge in [0.15, 0.2) is 17.3 Å². The lowest BCUT2D eigenvalue weighted by molar-refractivity contribution is -0.117. The van der Waals surface area contributed by atoms with Gasteiger partial charge in [-0.3, -0.25) is 14.1 Å². The number of hydrogen-bond acceptors (Lipinski definition) is 5. The van der Waals surface area contributed by atoms with Crippen LogP contribution in [0.25, 0.3) is 17.1 Å². The largest absolute Gasteiger partial charge is 0.454 e. The normalized spacial score (nSPS) is 15.6. The number of ether oxygens (including phenoxy) is 2. The van der Waals surface area contributed by atoms with Crippen molar-refractivity contribution in [3.8, 4) is 11.5 Å². The molecule has 0 aliphatic carbocycles. The summed E-state index contributed by atoms with van der Waals surface area (Å²) in [6.45, 7) is 15.5. The lowest BCUT2D eigenvalue weighted by Crippen LogP contribution is -2.50. The molecule has 7 heteroatoms. The predicted molar refractivity (Wildman–Crippen MR) is 124 cm³/mol. The van der Waals surface area contributed by atoms with Crippen molar-refractivity contribution in [3.63, 3.8) is 0 Å². The summed E-state index contributed by atoms with van der Waals surface area (Å²) in [5, 5.41) is 0. The summed E-state index contributed by atoms with van der Waals surface area (Å²) in [6.07, 6.45) is 2.27. The van der Waals surface area contributed by atoms with Crippen LogP contribution in [-0.2, 0) is 14.3 Å².